The molecule has 1 amide bonds. The van der Waals surface area contributed by atoms with Gasteiger partial charge in [0.1, 0.15) is 5.58 Å². The molecule has 1 fully saturated rings. The quantitative estimate of drug-likeness (QED) is 0.582. The highest BCUT2D eigenvalue weighted by Gasteiger charge is 2.32. The molecule has 2 heterocycles. The number of carbonyl (C=O) groups is 1. The van der Waals surface area contributed by atoms with E-state index in [4.69, 9.17) is 4.42 Å². The van der Waals surface area contributed by atoms with Crippen LogP contribution in [-0.2, 0) is 10.0 Å². The van der Waals surface area contributed by atoms with Crippen molar-refractivity contribution in [3.8, 4) is 0 Å². The van der Waals surface area contributed by atoms with Crippen LogP contribution in [0, 0.1) is 32.6 Å². The minimum atomic E-state index is -3.61. The minimum absolute atomic E-state index is 0.190. The van der Waals surface area contributed by atoms with Gasteiger partial charge in [-0.1, -0.05) is 26.0 Å². The number of sulfonamides is 1. The third-order valence-electron chi connectivity index (χ3n) is 6.44. The maximum absolute atomic E-state index is 13.3. The highest BCUT2D eigenvalue weighted by atomic mass is 32.2. The van der Waals surface area contributed by atoms with Gasteiger partial charge in [-0.2, -0.15) is 4.31 Å². The van der Waals surface area contributed by atoms with Crippen molar-refractivity contribution in [1.82, 2.24) is 4.31 Å². The number of anilines is 1. The van der Waals surface area contributed by atoms with Crippen molar-refractivity contribution in [2.75, 3.05) is 18.4 Å². The van der Waals surface area contributed by atoms with Crippen LogP contribution >= 0.6 is 0 Å². The van der Waals surface area contributed by atoms with E-state index in [1.54, 1.807) is 29.4 Å². The lowest BCUT2D eigenvalue weighted by atomic mass is 9.94. The third-order valence-corrected chi connectivity index (χ3v) is 8.27. The monoisotopic (exact) mass is 454 g/mol. The number of hydrogen-bond donors (Lipinski definition) is 1. The van der Waals surface area contributed by atoms with E-state index in [9.17, 15) is 13.2 Å². The van der Waals surface area contributed by atoms with Crippen molar-refractivity contribution < 1.29 is 17.6 Å². The van der Waals surface area contributed by atoms with Gasteiger partial charge in [-0.3, -0.25) is 4.79 Å². The van der Waals surface area contributed by atoms with Crippen molar-refractivity contribution in [1.29, 1.82) is 0 Å². The minimum Gasteiger partial charge on any atom is -0.451 e. The molecule has 1 N–H and O–H groups in total. The molecule has 170 valence electrons. The van der Waals surface area contributed by atoms with Crippen LogP contribution in [0.1, 0.15) is 47.5 Å². The summed E-state index contributed by atoms with van der Waals surface area (Å²) >= 11 is 0. The van der Waals surface area contributed by atoms with Crippen molar-refractivity contribution in [2.24, 2.45) is 11.8 Å². The molecule has 0 bridgehead atoms. The Kier molecular flexibility index (Phi) is 5.90. The first-order valence-electron chi connectivity index (χ1n) is 11.0. The summed E-state index contributed by atoms with van der Waals surface area (Å²) in [5.74, 6) is 0.493. The first-order chi connectivity index (χ1) is 15.1. The summed E-state index contributed by atoms with van der Waals surface area (Å²) in [5, 5.41) is 3.55. The Morgan fingerprint density at radius 2 is 1.72 bits per heavy atom. The number of rotatable bonds is 4. The zero-order valence-electron chi connectivity index (χ0n) is 19.2. The maximum Gasteiger partial charge on any atom is 0.291 e. The van der Waals surface area contributed by atoms with Gasteiger partial charge in [-0.25, -0.2) is 8.42 Å². The van der Waals surface area contributed by atoms with E-state index >= 15 is 0 Å². The number of carbonyl (C=O) groups excluding carboxylic acids is 1. The van der Waals surface area contributed by atoms with Gasteiger partial charge in [0, 0.05) is 29.7 Å². The second kappa shape index (κ2) is 8.37. The Morgan fingerprint density at radius 3 is 2.41 bits per heavy atom. The number of furan rings is 1. The number of amides is 1. The van der Waals surface area contributed by atoms with Crippen LogP contribution in [-0.4, -0.2) is 31.7 Å². The van der Waals surface area contributed by atoms with E-state index in [1.165, 1.54) is 0 Å². The van der Waals surface area contributed by atoms with Crippen LogP contribution in [0.3, 0.4) is 0 Å². The van der Waals surface area contributed by atoms with E-state index in [2.05, 4.69) is 19.2 Å². The Labute approximate surface area is 189 Å². The zero-order chi connectivity index (χ0) is 23.2. The summed E-state index contributed by atoms with van der Waals surface area (Å²) in [6, 6.07) is 10.6. The van der Waals surface area contributed by atoms with Crippen LogP contribution in [0.4, 0.5) is 5.69 Å². The average Bonchev–Trinajstić information content (AvgIpc) is 3.07. The van der Waals surface area contributed by atoms with Crippen LogP contribution in [0.15, 0.2) is 45.7 Å². The molecule has 1 saturated heterocycles. The number of benzene rings is 2. The molecule has 4 rings (SSSR count). The smallest absolute Gasteiger partial charge is 0.291 e. The number of aryl methyl sites for hydroxylation is 2. The van der Waals surface area contributed by atoms with Crippen molar-refractivity contribution in [2.45, 2.75) is 45.9 Å². The average molecular weight is 455 g/mol. The topological polar surface area (TPSA) is 79.6 Å². The summed E-state index contributed by atoms with van der Waals surface area (Å²) in [7, 11) is -3.61. The molecule has 0 aliphatic carbocycles. The summed E-state index contributed by atoms with van der Waals surface area (Å²) in [5.41, 5.74) is 3.92. The van der Waals surface area contributed by atoms with Crippen molar-refractivity contribution >= 4 is 32.6 Å². The molecule has 0 radical (unpaired) electrons. The maximum atomic E-state index is 13.3. The first-order valence-corrected chi connectivity index (χ1v) is 12.4. The second-order valence-corrected chi connectivity index (χ2v) is 11.1. The molecule has 1 aliphatic rings. The Hall–Kier alpha value is -2.64. The van der Waals surface area contributed by atoms with Gasteiger partial charge >= 0.3 is 0 Å². The largest absolute Gasteiger partial charge is 0.451 e. The molecule has 2 aromatic carbocycles. The SMILES string of the molecule is Cc1cccc(NC(=O)c2oc3ccc(S(=O)(=O)N4C[C@@H](C)C[C@H](C)C4)cc3c2C)c1C. The Balaban J connectivity index is 1.66. The zero-order valence-corrected chi connectivity index (χ0v) is 20.0. The standard InChI is InChI=1S/C25H30N2O4S/c1-15-11-16(2)14-27(13-15)32(29,30)20-9-10-23-21(12-20)19(5)24(31-23)25(28)26-22-8-6-7-17(3)18(22)4/h6-10,12,15-16H,11,13-14H2,1-5H3,(H,26,28)/t15-,16-/m0/s1. The number of nitrogens with zero attached hydrogens (tertiary/aromatic N) is 1. The fourth-order valence-electron chi connectivity index (χ4n) is 4.59. The number of hydrogen-bond acceptors (Lipinski definition) is 4. The van der Waals surface area contributed by atoms with E-state index in [-0.39, 0.29) is 16.6 Å². The molecular formula is C25H30N2O4S. The molecule has 2 atom stereocenters. The van der Waals surface area contributed by atoms with Gasteiger partial charge < -0.3 is 9.73 Å². The van der Waals surface area contributed by atoms with E-state index in [0.717, 1.165) is 23.2 Å². The number of nitrogens with one attached hydrogen (secondary N) is 1. The summed E-state index contributed by atoms with van der Waals surface area (Å²) in [6.45, 7) is 11.0. The van der Waals surface area contributed by atoms with Gasteiger partial charge in [-0.05, 0) is 74.4 Å². The summed E-state index contributed by atoms with van der Waals surface area (Å²) in [4.78, 5) is 13.2. The molecule has 1 aliphatic heterocycles. The van der Waals surface area contributed by atoms with Gasteiger partial charge in [-0.15, -0.1) is 0 Å². The molecule has 32 heavy (non-hydrogen) atoms. The lowest BCUT2D eigenvalue weighted by Crippen LogP contribution is -2.42. The van der Waals surface area contributed by atoms with Crippen LogP contribution in [0.2, 0.25) is 0 Å². The third kappa shape index (κ3) is 4.07. The normalized spacial score (nSPS) is 19.9. The predicted octanol–water partition coefficient (Wildman–Crippen LogP) is 5.28. The van der Waals surface area contributed by atoms with Crippen molar-refractivity contribution in [3.05, 3.63) is 58.8 Å². The van der Waals surface area contributed by atoms with Crippen molar-refractivity contribution in [3.63, 3.8) is 0 Å². The van der Waals surface area contributed by atoms with Gasteiger partial charge in [0.15, 0.2) is 5.76 Å². The molecule has 7 heteroatoms. The Bertz CT molecular complexity index is 1280. The Morgan fingerprint density at radius 1 is 1.03 bits per heavy atom. The summed E-state index contributed by atoms with van der Waals surface area (Å²) in [6.07, 6.45) is 1.03. The molecule has 0 unspecified atom stereocenters. The van der Waals surface area contributed by atoms with Crippen LogP contribution in [0.25, 0.3) is 11.0 Å². The highest BCUT2D eigenvalue weighted by Crippen LogP contribution is 2.32. The van der Waals surface area contributed by atoms with E-state index in [1.807, 2.05) is 32.0 Å². The first kappa shape index (κ1) is 22.6. The molecular weight excluding hydrogens is 424 g/mol. The van der Waals surface area contributed by atoms with Crippen LogP contribution < -0.4 is 5.32 Å². The second-order valence-electron chi connectivity index (χ2n) is 9.18. The van der Waals surface area contributed by atoms with E-state index < -0.39 is 10.0 Å². The molecule has 0 spiro atoms. The lowest BCUT2D eigenvalue weighted by molar-refractivity contribution is 0.0998. The predicted molar refractivity (Wildman–Crippen MR) is 127 cm³/mol. The van der Waals surface area contributed by atoms with Gasteiger partial charge in [0.05, 0.1) is 4.90 Å². The van der Waals surface area contributed by atoms with Gasteiger partial charge in [0.25, 0.3) is 5.91 Å². The van der Waals surface area contributed by atoms with Crippen LogP contribution in [0.5, 0.6) is 0 Å². The van der Waals surface area contributed by atoms with E-state index in [0.29, 0.717) is 41.5 Å². The molecule has 1 aromatic heterocycles. The molecule has 3 aromatic rings. The van der Waals surface area contributed by atoms with Gasteiger partial charge in [0.2, 0.25) is 10.0 Å². The lowest BCUT2D eigenvalue weighted by Gasteiger charge is -2.34. The fourth-order valence-corrected chi connectivity index (χ4v) is 6.30. The number of piperidine rings is 1. The molecule has 0 saturated carbocycles. The molecule has 6 nitrogen and oxygen atoms in total. The fraction of sp³-hybridized carbons (Fsp3) is 0.400. The highest BCUT2D eigenvalue weighted by molar-refractivity contribution is 7.89. The summed E-state index contributed by atoms with van der Waals surface area (Å²) < 4.78 is 34.0. The number of fused-ring (bicyclic) bond motifs is 1.